The van der Waals surface area contributed by atoms with E-state index in [4.69, 9.17) is 0 Å². The second-order valence-corrected chi connectivity index (χ2v) is 15.5. The Morgan fingerprint density at radius 2 is 1.06 bits per heavy atom. The summed E-state index contributed by atoms with van der Waals surface area (Å²) in [6, 6.07) is 61.6. The van der Waals surface area contributed by atoms with Gasteiger partial charge in [0.1, 0.15) is 5.82 Å². The first-order valence-corrected chi connectivity index (χ1v) is 19.3. The van der Waals surface area contributed by atoms with Gasteiger partial charge in [-0.2, -0.15) is 0 Å². The van der Waals surface area contributed by atoms with Crippen molar-refractivity contribution in [3.8, 4) is 16.8 Å². The van der Waals surface area contributed by atoms with Gasteiger partial charge in [0, 0.05) is 33.6 Å². The highest BCUT2D eigenvalue weighted by Crippen LogP contribution is 2.53. The third kappa shape index (κ3) is 5.38. The van der Waals surface area contributed by atoms with Crippen molar-refractivity contribution in [3.05, 3.63) is 196 Å². The van der Waals surface area contributed by atoms with Crippen LogP contribution >= 0.6 is 22.6 Å². The average Bonchev–Trinajstić information content (AvgIpc) is 3.60. The Labute approximate surface area is 325 Å². The van der Waals surface area contributed by atoms with Gasteiger partial charge >= 0.3 is 0 Å². The lowest BCUT2D eigenvalue weighted by atomic mass is 9.82. The van der Waals surface area contributed by atoms with E-state index in [0.717, 1.165) is 39.9 Å². The Bertz CT molecular complexity index is 2620. The molecular weight excluding hydrogens is 757 g/mol. The maximum Gasteiger partial charge on any atom is 0.137 e. The van der Waals surface area contributed by atoms with Gasteiger partial charge in [-0.1, -0.05) is 117 Å². The summed E-state index contributed by atoms with van der Waals surface area (Å²) >= 11 is 2.61. The molecule has 0 aliphatic heterocycles. The molecular formula is C49H40IN3. The molecule has 9 rings (SSSR count). The van der Waals surface area contributed by atoms with E-state index in [1.54, 1.807) is 0 Å². The van der Waals surface area contributed by atoms with E-state index >= 15 is 0 Å². The van der Waals surface area contributed by atoms with E-state index in [9.17, 15) is 0 Å². The average molecular weight is 798 g/mol. The van der Waals surface area contributed by atoms with Gasteiger partial charge < -0.3 is 4.90 Å². The molecule has 0 atom stereocenters. The van der Waals surface area contributed by atoms with Crippen LogP contribution in [0.5, 0.6) is 0 Å². The fourth-order valence-corrected chi connectivity index (χ4v) is 9.23. The Kier molecular flexibility index (Phi) is 8.23. The zero-order valence-corrected chi connectivity index (χ0v) is 32.5. The molecule has 0 unspecified atom stereocenters. The number of benzene rings is 7. The second kappa shape index (κ2) is 13.1. The summed E-state index contributed by atoms with van der Waals surface area (Å²) < 4.78 is 3.69. The maximum atomic E-state index is 2.61. The summed E-state index contributed by atoms with van der Waals surface area (Å²) in [5.74, 6) is 1.12. The van der Waals surface area contributed by atoms with Gasteiger partial charge in [0.2, 0.25) is 0 Å². The van der Waals surface area contributed by atoms with Crippen LogP contribution in [-0.4, -0.2) is 4.57 Å². The number of anilines is 6. The van der Waals surface area contributed by atoms with Gasteiger partial charge in [0.05, 0.1) is 20.5 Å². The lowest BCUT2D eigenvalue weighted by Gasteiger charge is -2.33. The molecule has 0 fully saturated rings. The number of aryl methyl sites for hydroxylation is 1. The monoisotopic (exact) mass is 797 g/mol. The summed E-state index contributed by atoms with van der Waals surface area (Å²) in [6.07, 6.45) is 0. The summed E-state index contributed by atoms with van der Waals surface area (Å²) in [6.45, 7) is 9.19. The first-order chi connectivity index (χ1) is 25.8. The van der Waals surface area contributed by atoms with Crippen LogP contribution in [0.2, 0.25) is 0 Å². The number of hydrogen-bond donors (Lipinski definition) is 0. The topological polar surface area (TPSA) is 11.4 Å². The molecule has 0 saturated carbocycles. The third-order valence-corrected chi connectivity index (χ3v) is 12.0. The minimum absolute atomic E-state index is 0.113. The normalized spacial score (nSPS) is 12.8. The largest absolute Gasteiger partial charge is 0.310 e. The number of hydrogen-bond acceptors (Lipinski definition) is 2. The highest BCUT2D eigenvalue weighted by atomic mass is 127. The van der Waals surface area contributed by atoms with Crippen molar-refractivity contribution in [3.63, 3.8) is 0 Å². The fraction of sp³-hybridized carbons (Fsp3) is 0.102. The first kappa shape index (κ1) is 33.3. The van der Waals surface area contributed by atoms with Crippen LogP contribution in [0.15, 0.2) is 170 Å². The zero-order valence-electron chi connectivity index (χ0n) is 30.4. The Hall–Kier alpha value is -5.59. The number of aromatic nitrogens is 1. The summed E-state index contributed by atoms with van der Waals surface area (Å²) in [4.78, 5) is 4.87. The molecule has 3 nitrogen and oxygen atoms in total. The van der Waals surface area contributed by atoms with Crippen molar-refractivity contribution in [1.29, 1.82) is 0 Å². The van der Waals surface area contributed by atoms with Crippen LogP contribution in [0.3, 0.4) is 0 Å². The van der Waals surface area contributed by atoms with Crippen LogP contribution in [-0.2, 0) is 5.41 Å². The zero-order chi connectivity index (χ0) is 36.3. The molecule has 258 valence electrons. The number of fused-ring (bicyclic) bond motifs is 4. The van der Waals surface area contributed by atoms with Crippen LogP contribution < -0.4 is 9.80 Å². The number of para-hydroxylation sites is 4. The minimum atomic E-state index is -0.113. The summed E-state index contributed by atoms with van der Waals surface area (Å²) in [5.41, 5.74) is 15.7. The number of halogens is 1. The minimum Gasteiger partial charge on any atom is -0.310 e. The van der Waals surface area contributed by atoms with Crippen LogP contribution in [0.25, 0.3) is 27.7 Å². The molecule has 0 N–H and O–H groups in total. The molecule has 0 saturated heterocycles. The summed E-state index contributed by atoms with van der Waals surface area (Å²) in [5, 5.41) is 1.25. The van der Waals surface area contributed by atoms with Crippen molar-refractivity contribution in [1.82, 2.24) is 4.57 Å². The van der Waals surface area contributed by atoms with E-state index < -0.39 is 0 Å². The van der Waals surface area contributed by atoms with Crippen molar-refractivity contribution in [2.45, 2.75) is 33.1 Å². The highest BCUT2D eigenvalue weighted by molar-refractivity contribution is 14.1. The van der Waals surface area contributed by atoms with Crippen molar-refractivity contribution in [2.75, 3.05) is 9.80 Å². The fourth-order valence-electron chi connectivity index (χ4n) is 8.31. The van der Waals surface area contributed by atoms with E-state index in [-0.39, 0.29) is 5.41 Å². The molecule has 0 bridgehead atoms. The number of nitrogens with zero attached hydrogens (tertiary/aromatic N) is 3. The maximum absolute atomic E-state index is 2.61. The molecule has 0 radical (unpaired) electrons. The predicted octanol–water partition coefficient (Wildman–Crippen LogP) is 14.1. The van der Waals surface area contributed by atoms with Crippen LogP contribution in [0, 0.1) is 17.4 Å². The third-order valence-electron chi connectivity index (χ3n) is 11.0. The smallest absolute Gasteiger partial charge is 0.137 e. The molecule has 1 aliphatic rings. The van der Waals surface area contributed by atoms with Gasteiger partial charge in [0.25, 0.3) is 0 Å². The van der Waals surface area contributed by atoms with Crippen LogP contribution in [0.4, 0.5) is 34.3 Å². The molecule has 8 aromatic rings. The quantitative estimate of drug-likeness (QED) is 0.149. The molecule has 1 aromatic heterocycles. The van der Waals surface area contributed by atoms with Crippen molar-refractivity contribution in [2.24, 2.45) is 0 Å². The van der Waals surface area contributed by atoms with E-state index in [0.29, 0.717) is 0 Å². The molecule has 1 aliphatic carbocycles. The molecule has 53 heavy (non-hydrogen) atoms. The van der Waals surface area contributed by atoms with Crippen LogP contribution in [0.1, 0.15) is 36.1 Å². The predicted molar refractivity (Wildman–Crippen MR) is 232 cm³/mol. The number of rotatable bonds is 7. The van der Waals surface area contributed by atoms with E-state index in [2.05, 4.69) is 235 Å². The first-order valence-electron chi connectivity index (χ1n) is 18.2. The van der Waals surface area contributed by atoms with Gasteiger partial charge in [-0.25, -0.2) is 0 Å². The van der Waals surface area contributed by atoms with E-state index in [1.165, 1.54) is 47.9 Å². The Morgan fingerprint density at radius 1 is 0.509 bits per heavy atom. The molecule has 4 heteroatoms. The molecule has 0 amide bonds. The standard InChI is InChI=1S/C49H40IN3/c1-33-19-14-17-28-43(33)51(35-20-8-5-9-21-35)44-29-18-30-45(34(44)2)52(36-22-10-6-11-23-36)48-47(50)40-31-39-38-26-15-16-27-41(38)49(3,4)42(39)32-46(40)53(48)37-24-12-7-13-25-37/h5-32H,1-4H3. The summed E-state index contributed by atoms with van der Waals surface area (Å²) in [7, 11) is 0. The Balaban J connectivity index is 1.35. The molecule has 0 spiro atoms. The highest BCUT2D eigenvalue weighted by Gasteiger charge is 2.37. The van der Waals surface area contributed by atoms with E-state index in [1.807, 2.05) is 0 Å². The van der Waals surface area contributed by atoms with Crippen molar-refractivity contribution < 1.29 is 0 Å². The molecule has 1 heterocycles. The molecule has 7 aromatic carbocycles. The lowest BCUT2D eigenvalue weighted by Crippen LogP contribution is -2.18. The second-order valence-electron chi connectivity index (χ2n) is 14.4. The van der Waals surface area contributed by atoms with Crippen molar-refractivity contribution >= 4 is 67.7 Å². The Morgan fingerprint density at radius 3 is 1.74 bits per heavy atom. The SMILES string of the molecule is Cc1ccccc1N(c1ccccc1)c1cccc(N(c2ccccc2)c2c(I)c3cc4c(cc3n2-c2ccccc2)C(C)(C)c2ccccc2-4)c1C. The van der Waals surface area contributed by atoms with Gasteiger partial charge in [-0.05, 0) is 137 Å². The van der Waals surface area contributed by atoms with Gasteiger partial charge in [-0.15, -0.1) is 0 Å². The van der Waals surface area contributed by atoms with Gasteiger partial charge in [0.15, 0.2) is 0 Å². The van der Waals surface area contributed by atoms with Gasteiger partial charge in [-0.3, -0.25) is 9.47 Å². The lowest BCUT2D eigenvalue weighted by molar-refractivity contribution is 0.661.